The van der Waals surface area contributed by atoms with Gasteiger partial charge in [0.25, 0.3) is 0 Å². The van der Waals surface area contributed by atoms with Crippen molar-refractivity contribution in [2.75, 3.05) is 6.26 Å². The van der Waals surface area contributed by atoms with Crippen molar-refractivity contribution in [3.63, 3.8) is 0 Å². The summed E-state index contributed by atoms with van der Waals surface area (Å²) in [6.07, 6.45) is 1.14. The average molecular weight is 206 g/mol. The fourth-order valence-electron chi connectivity index (χ4n) is 0.605. The molecule has 0 aliphatic carbocycles. The molecule has 1 heterocycles. The second-order valence-electron chi connectivity index (χ2n) is 2.85. The lowest BCUT2D eigenvalue weighted by Crippen LogP contribution is -1.97. The van der Waals surface area contributed by atoms with Gasteiger partial charge in [0.15, 0.2) is 0 Å². The van der Waals surface area contributed by atoms with Gasteiger partial charge in [-0.05, 0) is 11.5 Å². The number of aromatic nitrogens is 2. The Morgan fingerprint density at radius 2 is 2.00 bits per heavy atom. The Kier molecular flexibility index (Phi) is 2.48. The van der Waals surface area contributed by atoms with Gasteiger partial charge in [-0.1, -0.05) is 13.8 Å². The summed E-state index contributed by atoms with van der Waals surface area (Å²) >= 11 is 0.936. The fourth-order valence-corrected chi connectivity index (χ4v) is 2.08. The smallest absolute Gasteiger partial charge is 0.221 e. The summed E-state index contributed by atoms with van der Waals surface area (Å²) in [4.78, 5) is 3.90. The van der Waals surface area contributed by atoms with Crippen LogP contribution in [0.4, 0.5) is 0 Å². The minimum absolute atomic E-state index is 0.103. The lowest BCUT2D eigenvalue weighted by molar-refractivity contribution is 0.600. The zero-order valence-electron chi connectivity index (χ0n) is 7.10. The average Bonchev–Trinajstić information content (AvgIpc) is 2.30. The minimum Gasteiger partial charge on any atom is -0.221 e. The van der Waals surface area contributed by atoms with Crippen LogP contribution in [0.15, 0.2) is 4.34 Å². The number of hydrogen-bond donors (Lipinski definition) is 0. The Hall–Kier alpha value is -0.490. The molecule has 68 valence electrons. The van der Waals surface area contributed by atoms with E-state index in [0.717, 1.165) is 17.8 Å². The first-order chi connectivity index (χ1) is 5.41. The highest BCUT2D eigenvalue weighted by molar-refractivity contribution is 7.92. The summed E-state index contributed by atoms with van der Waals surface area (Å²) < 4.78 is 26.0. The third kappa shape index (κ3) is 2.01. The Morgan fingerprint density at radius 3 is 2.25 bits per heavy atom. The minimum atomic E-state index is -3.17. The summed E-state index contributed by atoms with van der Waals surface area (Å²) in [5.41, 5.74) is 0. The van der Waals surface area contributed by atoms with E-state index in [4.69, 9.17) is 0 Å². The van der Waals surface area contributed by atoms with Crippen LogP contribution in [0.2, 0.25) is 0 Å². The van der Waals surface area contributed by atoms with Crippen molar-refractivity contribution in [2.45, 2.75) is 24.1 Å². The van der Waals surface area contributed by atoms with Crippen LogP contribution in [0.3, 0.4) is 0 Å². The number of sulfone groups is 1. The molecule has 1 aromatic rings. The molecule has 0 N–H and O–H groups in total. The molecule has 0 saturated heterocycles. The van der Waals surface area contributed by atoms with E-state index in [-0.39, 0.29) is 10.3 Å². The molecule has 0 saturated carbocycles. The Bertz CT molecular complexity index is 367. The first-order valence-electron chi connectivity index (χ1n) is 3.45. The molecular weight excluding hydrogens is 196 g/mol. The van der Waals surface area contributed by atoms with Gasteiger partial charge in [-0.15, -0.1) is 0 Å². The van der Waals surface area contributed by atoms with Crippen LogP contribution >= 0.6 is 11.5 Å². The summed E-state index contributed by atoms with van der Waals surface area (Å²) in [5, 5.41) is 0. The zero-order chi connectivity index (χ0) is 9.35. The zero-order valence-corrected chi connectivity index (χ0v) is 8.74. The summed E-state index contributed by atoms with van der Waals surface area (Å²) in [6, 6.07) is 0. The molecule has 0 fully saturated rings. The van der Waals surface area contributed by atoms with E-state index < -0.39 is 9.84 Å². The lowest BCUT2D eigenvalue weighted by atomic mass is 10.2. The second kappa shape index (κ2) is 3.10. The third-order valence-electron chi connectivity index (χ3n) is 1.26. The van der Waals surface area contributed by atoms with Gasteiger partial charge in [-0.25, -0.2) is 13.4 Å². The van der Waals surface area contributed by atoms with Crippen LogP contribution in [-0.4, -0.2) is 24.0 Å². The van der Waals surface area contributed by atoms with Crippen molar-refractivity contribution in [3.05, 3.63) is 5.82 Å². The highest BCUT2D eigenvalue weighted by Crippen LogP contribution is 2.16. The summed E-state index contributed by atoms with van der Waals surface area (Å²) in [6.45, 7) is 3.85. The Labute approximate surface area is 75.7 Å². The van der Waals surface area contributed by atoms with E-state index in [9.17, 15) is 8.42 Å². The van der Waals surface area contributed by atoms with Crippen molar-refractivity contribution in [3.8, 4) is 0 Å². The second-order valence-corrected chi connectivity index (χ2v) is 5.79. The molecular formula is C6H10N2O2S2. The molecule has 0 atom stereocenters. The monoisotopic (exact) mass is 206 g/mol. The van der Waals surface area contributed by atoms with Crippen LogP contribution < -0.4 is 0 Å². The molecule has 0 spiro atoms. The fraction of sp³-hybridized carbons (Fsp3) is 0.667. The van der Waals surface area contributed by atoms with Gasteiger partial charge >= 0.3 is 0 Å². The number of rotatable bonds is 2. The van der Waals surface area contributed by atoms with E-state index in [2.05, 4.69) is 9.36 Å². The highest BCUT2D eigenvalue weighted by atomic mass is 32.2. The van der Waals surface area contributed by atoms with E-state index in [1.54, 1.807) is 0 Å². The molecule has 6 heteroatoms. The SMILES string of the molecule is CC(C)c1nsc(S(C)(=O)=O)n1. The van der Waals surface area contributed by atoms with Crippen LogP contribution in [0.25, 0.3) is 0 Å². The van der Waals surface area contributed by atoms with Crippen LogP contribution in [0.5, 0.6) is 0 Å². The molecule has 0 amide bonds. The van der Waals surface area contributed by atoms with E-state index >= 15 is 0 Å². The maximum atomic E-state index is 11.0. The van der Waals surface area contributed by atoms with E-state index in [0.29, 0.717) is 5.82 Å². The standard InChI is InChI=1S/C6H10N2O2S2/c1-4(2)5-7-6(11-8-5)12(3,9)10/h4H,1-3H3. The van der Waals surface area contributed by atoms with Gasteiger partial charge in [-0.2, -0.15) is 4.37 Å². The van der Waals surface area contributed by atoms with Crippen molar-refractivity contribution >= 4 is 21.4 Å². The molecule has 0 aliphatic heterocycles. The Morgan fingerprint density at radius 1 is 1.42 bits per heavy atom. The third-order valence-corrected chi connectivity index (χ3v) is 3.64. The van der Waals surface area contributed by atoms with Crippen LogP contribution in [0, 0.1) is 0 Å². The van der Waals surface area contributed by atoms with Crippen LogP contribution in [-0.2, 0) is 9.84 Å². The molecule has 0 aromatic carbocycles. The molecule has 1 aromatic heterocycles. The first-order valence-corrected chi connectivity index (χ1v) is 6.11. The van der Waals surface area contributed by atoms with Crippen LogP contribution in [0.1, 0.15) is 25.6 Å². The quantitative estimate of drug-likeness (QED) is 0.726. The molecule has 12 heavy (non-hydrogen) atoms. The predicted molar refractivity (Wildman–Crippen MR) is 47.1 cm³/mol. The van der Waals surface area contributed by atoms with E-state index in [1.165, 1.54) is 0 Å². The molecule has 0 unspecified atom stereocenters. The summed E-state index contributed by atoms with van der Waals surface area (Å²) in [7, 11) is -3.17. The van der Waals surface area contributed by atoms with Gasteiger partial charge in [-0.3, -0.25) is 0 Å². The highest BCUT2D eigenvalue weighted by Gasteiger charge is 2.15. The molecule has 0 radical (unpaired) electrons. The largest absolute Gasteiger partial charge is 0.228 e. The Balaban J connectivity index is 3.09. The first kappa shape index (κ1) is 9.60. The van der Waals surface area contributed by atoms with Gasteiger partial charge in [0.1, 0.15) is 5.82 Å². The molecule has 4 nitrogen and oxygen atoms in total. The maximum Gasteiger partial charge on any atom is 0.228 e. The normalized spacial score (nSPS) is 12.3. The topological polar surface area (TPSA) is 59.9 Å². The van der Waals surface area contributed by atoms with Crippen molar-refractivity contribution in [2.24, 2.45) is 0 Å². The van der Waals surface area contributed by atoms with Gasteiger partial charge in [0.2, 0.25) is 14.2 Å². The van der Waals surface area contributed by atoms with Gasteiger partial charge in [0.05, 0.1) is 0 Å². The lowest BCUT2D eigenvalue weighted by Gasteiger charge is -1.93. The predicted octanol–water partition coefficient (Wildman–Crippen LogP) is 1.07. The van der Waals surface area contributed by atoms with Gasteiger partial charge in [0, 0.05) is 12.2 Å². The molecule has 0 bridgehead atoms. The van der Waals surface area contributed by atoms with E-state index in [1.807, 2.05) is 13.8 Å². The number of nitrogens with zero attached hydrogens (tertiary/aromatic N) is 2. The van der Waals surface area contributed by atoms with Crippen molar-refractivity contribution < 1.29 is 8.42 Å². The summed E-state index contributed by atoms with van der Waals surface area (Å²) in [5.74, 6) is 0.775. The van der Waals surface area contributed by atoms with Gasteiger partial charge < -0.3 is 0 Å². The number of hydrogen-bond acceptors (Lipinski definition) is 5. The van der Waals surface area contributed by atoms with Crippen molar-refractivity contribution in [1.29, 1.82) is 0 Å². The maximum absolute atomic E-state index is 11.0. The molecule has 0 aliphatic rings. The molecule has 1 rings (SSSR count). The van der Waals surface area contributed by atoms with Crippen molar-refractivity contribution in [1.82, 2.24) is 9.36 Å².